The molecule has 0 aromatic carbocycles. The van der Waals surface area contributed by atoms with Crippen molar-refractivity contribution in [1.82, 2.24) is 10.6 Å². The van der Waals surface area contributed by atoms with Crippen molar-refractivity contribution in [1.29, 1.82) is 0 Å². The van der Waals surface area contributed by atoms with E-state index in [0.717, 1.165) is 11.8 Å². The molecule has 1 saturated carbocycles. The highest BCUT2D eigenvalue weighted by Crippen LogP contribution is 2.33. The predicted molar refractivity (Wildman–Crippen MR) is 69.6 cm³/mol. The third kappa shape index (κ3) is 3.74. The maximum atomic E-state index is 3.67. The van der Waals surface area contributed by atoms with E-state index in [1.165, 1.54) is 58.3 Å². The van der Waals surface area contributed by atoms with Gasteiger partial charge in [-0.25, -0.2) is 0 Å². The molecule has 2 heteroatoms. The second-order valence-corrected chi connectivity index (χ2v) is 6.44. The molecule has 16 heavy (non-hydrogen) atoms. The summed E-state index contributed by atoms with van der Waals surface area (Å²) in [6, 6.07) is 0. The Morgan fingerprint density at radius 3 is 2.69 bits per heavy atom. The van der Waals surface area contributed by atoms with E-state index in [1.807, 2.05) is 0 Å². The van der Waals surface area contributed by atoms with Gasteiger partial charge in [0.25, 0.3) is 0 Å². The Bertz CT molecular complexity index is 203. The van der Waals surface area contributed by atoms with Gasteiger partial charge >= 0.3 is 0 Å². The summed E-state index contributed by atoms with van der Waals surface area (Å²) in [5.41, 5.74) is 0.455. The minimum Gasteiger partial charge on any atom is -0.316 e. The summed E-state index contributed by atoms with van der Waals surface area (Å²) in [6.45, 7) is 9.71. The minimum absolute atomic E-state index is 0.455. The number of hydrogen-bond acceptors (Lipinski definition) is 2. The van der Waals surface area contributed by atoms with Crippen molar-refractivity contribution in [2.24, 2.45) is 17.3 Å². The molecule has 94 valence electrons. The smallest absolute Gasteiger partial charge is 0.000565 e. The van der Waals surface area contributed by atoms with E-state index in [2.05, 4.69) is 24.5 Å². The van der Waals surface area contributed by atoms with Crippen LogP contribution in [0.5, 0.6) is 0 Å². The number of rotatable bonds is 6. The van der Waals surface area contributed by atoms with E-state index in [-0.39, 0.29) is 0 Å². The summed E-state index contributed by atoms with van der Waals surface area (Å²) in [5.74, 6) is 1.92. The molecule has 0 aromatic rings. The summed E-state index contributed by atoms with van der Waals surface area (Å²) in [5, 5.41) is 7.20. The average Bonchev–Trinajstić information content (AvgIpc) is 3.10. The van der Waals surface area contributed by atoms with Crippen molar-refractivity contribution >= 4 is 0 Å². The lowest BCUT2D eigenvalue weighted by atomic mass is 9.75. The molecule has 0 amide bonds. The first kappa shape index (κ1) is 12.4. The zero-order chi connectivity index (χ0) is 11.4. The Balaban J connectivity index is 1.63. The van der Waals surface area contributed by atoms with Crippen LogP contribution in [0.2, 0.25) is 0 Å². The van der Waals surface area contributed by atoms with Crippen LogP contribution in [0.4, 0.5) is 0 Å². The summed E-state index contributed by atoms with van der Waals surface area (Å²) in [4.78, 5) is 0. The quantitative estimate of drug-likeness (QED) is 0.677. The molecule has 2 N–H and O–H groups in total. The molecule has 1 saturated heterocycles. The Kier molecular flexibility index (Phi) is 4.26. The van der Waals surface area contributed by atoms with Gasteiger partial charge in [0.2, 0.25) is 0 Å². The summed E-state index contributed by atoms with van der Waals surface area (Å²) < 4.78 is 0. The molecule has 0 aromatic heterocycles. The van der Waals surface area contributed by atoms with Gasteiger partial charge < -0.3 is 10.6 Å². The molecule has 1 aliphatic heterocycles. The van der Waals surface area contributed by atoms with Crippen LogP contribution in [0, 0.1) is 17.3 Å². The Morgan fingerprint density at radius 2 is 2.06 bits per heavy atom. The molecule has 2 fully saturated rings. The lowest BCUT2D eigenvalue weighted by Gasteiger charge is -2.37. The van der Waals surface area contributed by atoms with Crippen molar-refractivity contribution in [3.63, 3.8) is 0 Å². The van der Waals surface area contributed by atoms with Gasteiger partial charge in [0.05, 0.1) is 0 Å². The summed E-state index contributed by atoms with van der Waals surface area (Å²) in [6.07, 6.45) is 7.13. The van der Waals surface area contributed by atoms with Crippen LogP contribution in [0.15, 0.2) is 0 Å². The molecule has 0 radical (unpaired) electrons. The number of nitrogens with one attached hydrogen (secondary N) is 2. The summed E-state index contributed by atoms with van der Waals surface area (Å²) in [7, 11) is 0. The molecule has 1 atom stereocenters. The van der Waals surface area contributed by atoms with Gasteiger partial charge in [-0.15, -0.1) is 0 Å². The third-order valence-corrected chi connectivity index (χ3v) is 4.41. The first-order valence-corrected chi connectivity index (χ1v) is 7.10. The first-order chi connectivity index (χ1) is 7.68. The predicted octanol–water partition coefficient (Wildman–Crippen LogP) is 2.40. The molecule has 1 heterocycles. The van der Waals surface area contributed by atoms with Crippen LogP contribution in [0.25, 0.3) is 0 Å². The van der Waals surface area contributed by atoms with Gasteiger partial charge in [0.15, 0.2) is 0 Å². The van der Waals surface area contributed by atoms with Crippen molar-refractivity contribution in [3.05, 3.63) is 0 Å². The maximum absolute atomic E-state index is 3.67. The molecule has 1 unspecified atom stereocenters. The molecular weight excluding hydrogens is 196 g/mol. The average molecular weight is 224 g/mol. The third-order valence-electron chi connectivity index (χ3n) is 4.41. The number of hydrogen-bond donors (Lipinski definition) is 2. The number of piperidine rings is 1. The molecule has 0 spiro atoms. The maximum Gasteiger partial charge on any atom is 0.000565 e. The molecule has 1 aliphatic carbocycles. The largest absolute Gasteiger partial charge is 0.316 e. The topological polar surface area (TPSA) is 24.1 Å². The van der Waals surface area contributed by atoms with Crippen LogP contribution in [-0.2, 0) is 0 Å². The zero-order valence-corrected chi connectivity index (χ0v) is 11.0. The standard InChI is InChI=1S/C14H28N2/c1-14(2,13-4-3-8-15-10-13)11-16-9-7-12-5-6-12/h12-13,15-16H,3-11H2,1-2H3. The van der Waals surface area contributed by atoms with Gasteiger partial charge in [-0.1, -0.05) is 26.7 Å². The van der Waals surface area contributed by atoms with E-state index < -0.39 is 0 Å². The van der Waals surface area contributed by atoms with Crippen molar-refractivity contribution < 1.29 is 0 Å². The first-order valence-electron chi connectivity index (χ1n) is 7.10. The molecule has 2 rings (SSSR count). The van der Waals surface area contributed by atoms with Crippen molar-refractivity contribution in [3.8, 4) is 0 Å². The molecular formula is C14H28N2. The van der Waals surface area contributed by atoms with Gasteiger partial charge in [0.1, 0.15) is 0 Å². The molecule has 0 bridgehead atoms. The second-order valence-electron chi connectivity index (χ2n) is 6.44. The normalized spacial score (nSPS) is 27.0. The van der Waals surface area contributed by atoms with Crippen LogP contribution >= 0.6 is 0 Å². The Labute approximate surface area is 101 Å². The van der Waals surface area contributed by atoms with Crippen LogP contribution in [0.3, 0.4) is 0 Å². The van der Waals surface area contributed by atoms with Crippen LogP contribution in [0.1, 0.15) is 46.0 Å². The second kappa shape index (κ2) is 5.50. The van der Waals surface area contributed by atoms with E-state index in [0.29, 0.717) is 5.41 Å². The SMILES string of the molecule is CC(C)(CNCCC1CC1)C1CCCNC1. The van der Waals surface area contributed by atoms with Crippen molar-refractivity contribution in [2.75, 3.05) is 26.2 Å². The fourth-order valence-corrected chi connectivity index (χ4v) is 2.79. The van der Waals surface area contributed by atoms with E-state index in [1.54, 1.807) is 0 Å². The highest BCUT2D eigenvalue weighted by Gasteiger charge is 2.30. The minimum atomic E-state index is 0.455. The summed E-state index contributed by atoms with van der Waals surface area (Å²) >= 11 is 0. The molecule has 2 nitrogen and oxygen atoms in total. The lowest BCUT2D eigenvalue weighted by molar-refractivity contribution is 0.166. The van der Waals surface area contributed by atoms with Gasteiger partial charge in [-0.2, -0.15) is 0 Å². The van der Waals surface area contributed by atoms with Gasteiger partial charge in [-0.3, -0.25) is 0 Å². The van der Waals surface area contributed by atoms with Crippen LogP contribution in [-0.4, -0.2) is 26.2 Å². The monoisotopic (exact) mass is 224 g/mol. The van der Waals surface area contributed by atoms with E-state index >= 15 is 0 Å². The fourth-order valence-electron chi connectivity index (χ4n) is 2.79. The Hall–Kier alpha value is -0.0800. The van der Waals surface area contributed by atoms with E-state index in [4.69, 9.17) is 0 Å². The van der Waals surface area contributed by atoms with Crippen molar-refractivity contribution in [2.45, 2.75) is 46.0 Å². The fraction of sp³-hybridized carbons (Fsp3) is 1.00. The molecule has 2 aliphatic rings. The van der Waals surface area contributed by atoms with Gasteiger partial charge in [-0.05, 0) is 56.1 Å². The highest BCUT2D eigenvalue weighted by molar-refractivity contribution is 4.85. The van der Waals surface area contributed by atoms with Crippen LogP contribution < -0.4 is 10.6 Å². The Morgan fingerprint density at radius 1 is 1.25 bits per heavy atom. The van der Waals surface area contributed by atoms with Gasteiger partial charge in [0, 0.05) is 6.54 Å². The van der Waals surface area contributed by atoms with E-state index in [9.17, 15) is 0 Å². The lowest BCUT2D eigenvalue weighted by Crippen LogP contribution is -2.43. The zero-order valence-electron chi connectivity index (χ0n) is 11.0. The highest BCUT2D eigenvalue weighted by atomic mass is 14.9.